The summed E-state index contributed by atoms with van der Waals surface area (Å²) in [4.78, 5) is 25.8. The molecule has 0 radical (unpaired) electrons. The van der Waals surface area contributed by atoms with E-state index in [1.54, 1.807) is 0 Å². The van der Waals surface area contributed by atoms with Crippen LogP contribution in [0, 0.1) is 22.7 Å². The highest BCUT2D eigenvalue weighted by Gasteiger charge is 2.75. The fourth-order valence-corrected chi connectivity index (χ4v) is 10.6. The number of fused-ring (bicyclic) bond motifs is 4. The van der Waals surface area contributed by atoms with E-state index >= 15 is 0 Å². The van der Waals surface area contributed by atoms with Crippen molar-refractivity contribution in [1.82, 2.24) is 0 Å². The molecule has 4 fully saturated rings. The molecule has 3 nitrogen and oxygen atoms in total. The van der Waals surface area contributed by atoms with Gasteiger partial charge in [-0.15, -0.1) is 0 Å². The Hall–Kier alpha value is -0.510. The molecule has 4 aliphatic rings. The molecule has 4 rings (SSSR count). The average Bonchev–Trinajstić information content (AvgIpc) is 3.15. The first-order valence-electron chi connectivity index (χ1n) is 10.00. The van der Waals surface area contributed by atoms with Crippen LogP contribution in [0.25, 0.3) is 0 Å². The predicted octanol–water partition coefficient (Wildman–Crippen LogP) is 3.89. The van der Waals surface area contributed by atoms with Crippen LogP contribution in [0.5, 0.6) is 0 Å². The molecule has 0 aromatic carbocycles. The topological polar surface area (TPSA) is 43.4 Å². The van der Waals surface area contributed by atoms with Gasteiger partial charge >= 0.3 is 5.97 Å². The number of carbonyl (C=O) groups is 2. The van der Waals surface area contributed by atoms with Gasteiger partial charge < -0.3 is 4.74 Å². The van der Waals surface area contributed by atoms with Crippen LogP contribution in [0.1, 0.15) is 73.1 Å². The van der Waals surface area contributed by atoms with E-state index in [0.29, 0.717) is 33.9 Å². The summed E-state index contributed by atoms with van der Waals surface area (Å²) < 4.78 is 5.66. The van der Waals surface area contributed by atoms with Crippen molar-refractivity contribution in [2.75, 3.05) is 5.75 Å². The lowest BCUT2D eigenvalue weighted by atomic mass is 9.64. The maximum absolute atomic E-state index is 13.2. The summed E-state index contributed by atoms with van der Waals surface area (Å²) in [5.41, 5.74) is -0.463. The molecule has 4 bridgehead atoms. The van der Waals surface area contributed by atoms with Crippen LogP contribution in [0.3, 0.4) is 0 Å². The van der Waals surface area contributed by atoms with Gasteiger partial charge in [0, 0.05) is 29.7 Å². The van der Waals surface area contributed by atoms with Gasteiger partial charge in [-0.2, -0.15) is 0 Å². The zero-order chi connectivity index (χ0) is 18.2. The van der Waals surface area contributed by atoms with E-state index in [4.69, 9.17) is 4.74 Å². The van der Waals surface area contributed by atoms with E-state index in [-0.39, 0.29) is 27.7 Å². The summed E-state index contributed by atoms with van der Waals surface area (Å²) >= 11 is 0. The molecular formula is C21H33O3S+. The van der Waals surface area contributed by atoms with Gasteiger partial charge in [0.1, 0.15) is 21.9 Å². The van der Waals surface area contributed by atoms with E-state index in [1.807, 2.05) is 20.8 Å². The van der Waals surface area contributed by atoms with Crippen LogP contribution in [-0.4, -0.2) is 33.6 Å². The second-order valence-electron chi connectivity index (χ2n) is 10.4. The van der Waals surface area contributed by atoms with E-state index in [9.17, 15) is 9.59 Å². The van der Waals surface area contributed by atoms with Gasteiger partial charge in [0.05, 0.1) is 5.41 Å². The number of ether oxygens (including phenoxy) is 1. The molecule has 3 saturated carbocycles. The zero-order valence-electron chi connectivity index (χ0n) is 16.4. The van der Waals surface area contributed by atoms with Crippen LogP contribution in [0.4, 0.5) is 0 Å². The zero-order valence-corrected chi connectivity index (χ0v) is 17.2. The smallest absolute Gasteiger partial charge is 0.356 e. The molecule has 2 unspecified atom stereocenters. The third-order valence-corrected chi connectivity index (χ3v) is 11.1. The van der Waals surface area contributed by atoms with E-state index in [0.717, 1.165) is 12.8 Å². The minimum Gasteiger partial charge on any atom is -0.456 e. The molecule has 0 amide bonds. The lowest BCUT2D eigenvalue weighted by molar-refractivity contribution is -0.151. The first kappa shape index (κ1) is 17.9. The minimum absolute atomic E-state index is 0.0170. The van der Waals surface area contributed by atoms with E-state index in [2.05, 4.69) is 13.8 Å². The molecular weight excluding hydrogens is 332 g/mol. The number of esters is 1. The van der Waals surface area contributed by atoms with Crippen molar-refractivity contribution in [1.29, 1.82) is 0 Å². The third kappa shape index (κ3) is 2.45. The van der Waals surface area contributed by atoms with Crippen molar-refractivity contribution in [2.45, 2.75) is 89.2 Å². The van der Waals surface area contributed by atoms with Gasteiger partial charge in [0.15, 0.2) is 0 Å². The fraction of sp³-hybridized carbons (Fsp3) is 0.905. The number of hydrogen-bond acceptors (Lipinski definition) is 3. The van der Waals surface area contributed by atoms with Crippen molar-refractivity contribution < 1.29 is 14.3 Å². The van der Waals surface area contributed by atoms with Crippen LogP contribution < -0.4 is 0 Å². The molecule has 1 saturated heterocycles. The maximum atomic E-state index is 13.2. The average molecular weight is 366 g/mol. The minimum atomic E-state index is -0.423. The van der Waals surface area contributed by atoms with Gasteiger partial charge in [-0.25, -0.2) is 4.79 Å². The summed E-state index contributed by atoms with van der Waals surface area (Å²) in [6.07, 6.45) is 6.81. The van der Waals surface area contributed by atoms with Crippen molar-refractivity contribution in [3.63, 3.8) is 0 Å². The van der Waals surface area contributed by atoms with Crippen molar-refractivity contribution in [3.8, 4) is 0 Å². The summed E-state index contributed by atoms with van der Waals surface area (Å²) in [6.45, 7) is 10.5. The molecule has 1 heterocycles. The lowest BCUT2D eigenvalue weighted by Crippen LogP contribution is -2.54. The number of rotatable bonds is 3. The highest BCUT2D eigenvalue weighted by Crippen LogP contribution is 2.70. The van der Waals surface area contributed by atoms with Crippen molar-refractivity contribution >= 4 is 22.6 Å². The SMILES string of the molecule is CC(C)(C)OC(=O)C[S+]1C([C@@]23CC[C@@H](CC2=O)C3(C)C)[C@H]2CC[C@@H]1C2. The monoisotopic (exact) mass is 365 g/mol. The van der Waals surface area contributed by atoms with Gasteiger partial charge in [0.2, 0.25) is 5.75 Å². The Morgan fingerprint density at radius 2 is 1.96 bits per heavy atom. The van der Waals surface area contributed by atoms with Gasteiger partial charge in [-0.1, -0.05) is 13.8 Å². The number of ketones is 1. The molecule has 4 heteroatoms. The highest BCUT2D eigenvalue weighted by molar-refractivity contribution is 7.99. The van der Waals surface area contributed by atoms with Gasteiger partial charge in [-0.05, 0) is 57.8 Å². The number of carbonyl (C=O) groups excluding carboxylic acids is 2. The first-order valence-corrected chi connectivity index (χ1v) is 11.5. The Kier molecular flexibility index (Phi) is 3.93. The largest absolute Gasteiger partial charge is 0.456 e. The Bertz CT molecular complexity index is 605. The van der Waals surface area contributed by atoms with Gasteiger partial charge in [-0.3, -0.25) is 4.79 Å². The van der Waals surface area contributed by atoms with Gasteiger partial charge in [0.25, 0.3) is 0 Å². The first-order chi connectivity index (χ1) is 11.6. The van der Waals surface area contributed by atoms with Crippen LogP contribution in [0.15, 0.2) is 0 Å². The van der Waals surface area contributed by atoms with E-state index < -0.39 is 5.60 Å². The summed E-state index contributed by atoms with van der Waals surface area (Å²) in [6, 6.07) is 0. The molecule has 0 N–H and O–H groups in total. The molecule has 6 atom stereocenters. The third-order valence-electron chi connectivity index (χ3n) is 7.78. The molecule has 0 aromatic heterocycles. The second kappa shape index (κ2) is 5.50. The predicted molar refractivity (Wildman–Crippen MR) is 102 cm³/mol. The number of hydrogen-bond donors (Lipinski definition) is 0. The molecule has 0 aromatic rings. The molecule has 140 valence electrons. The fourth-order valence-electron chi connectivity index (χ4n) is 6.73. The molecule has 3 aliphatic carbocycles. The second-order valence-corrected chi connectivity index (χ2v) is 12.8. The summed E-state index contributed by atoms with van der Waals surface area (Å²) in [7, 11) is 0.0170. The Labute approximate surface area is 155 Å². The number of Topliss-reactive ketones (excluding diaryl/α,β-unsaturated/α-hetero) is 1. The highest BCUT2D eigenvalue weighted by atomic mass is 32.2. The normalized spacial score (nSPS) is 44.5. The molecule has 1 aliphatic heterocycles. The quantitative estimate of drug-likeness (QED) is 0.563. The van der Waals surface area contributed by atoms with Crippen LogP contribution in [-0.2, 0) is 25.2 Å². The van der Waals surface area contributed by atoms with Crippen molar-refractivity contribution in [3.05, 3.63) is 0 Å². The summed E-state index contributed by atoms with van der Waals surface area (Å²) in [5.74, 6) is 2.23. The maximum Gasteiger partial charge on any atom is 0.356 e. The summed E-state index contributed by atoms with van der Waals surface area (Å²) in [5, 5.41) is 1.09. The van der Waals surface area contributed by atoms with Crippen molar-refractivity contribution in [2.24, 2.45) is 22.7 Å². The molecule has 25 heavy (non-hydrogen) atoms. The van der Waals surface area contributed by atoms with Crippen LogP contribution >= 0.6 is 0 Å². The van der Waals surface area contributed by atoms with Crippen LogP contribution in [0.2, 0.25) is 0 Å². The Morgan fingerprint density at radius 1 is 1.24 bits per heavy atom. The lowest BCUT2D eigenvalue weighted by Gasteiger charge is -2.43. The standard InChI is InChI=1S/C21H33O3S/c1-19(2,3)24-17(23)12-25-15-7-6-13(10-15)18(25)21-9-8-14(11-16(21)22)20(21,4)5/h13-15,18H,6-12H2,1-5H3/q+1/t13-,14-,15+,18?,21+,25?/m0/s1. The Balaban J connectivity index is 1.64. The Morgan fingerprint density at radius 3 is 2.52 bits per heavy atom. The molecule has 0 spiro atoms. The van der Waals surface area contributed by atoms with E-state index in [1.165, 1.54) is 25.7 Å².